The third kappa shape index (κ3) is 7.13. The number of benzene rings is 3. The molecular formula is C25H27ClN2O5S. The summed E-state index contributed by atoms with van der Waals surface area (Å²) < 4.78 is 38.4. The minimum atomic E-state index is -3.86. The van der Waals surface area contributed by atoms with E-state index in [9.17, 15) is 13.2 Å². The van der Waals surface area contributed by atoms with Gasteiger partial charge in [0.25, 0.3) is 15.9 Å². The summed E-state index contributed by atoms with van der Waals surface area (Å²) in [6, 6.07) is 18.2. The number of rotatable bonds is 11. The van der Waals surface area contributed by atoms with Crippen molar-refractivity contribution in [1.82, 2.24) is 0 Å². The van der Waals surface area contributed by atoms with Gasteiger partial charge in [0, 0.05) is 11.4 Å². The maximum absolute atomic E-state index is 12.7. The summed E-state index contributed by atoms with van der Waals surface area (Å²) in [6.45, 7) is 1.88. The first-order valence-corrected chi connectivity index (χ1v) is 12.6. The molecule has 0 radical (unpaired) electrons. The van der Waals surface area contributed by atoms with Gasteiger partial charge in [0.1, 0.15) is 11.5 Å². The Balaban J connectivity index is 1.57. The summed E-state index contributed by atoms with van der Waals surface area (Å²) in [5.41, 5.74) is 2.28. The van der Waals surface area contributed by atoms with Crippen molar-refractivity contribution in [2.45, 2.75) is 31.1 Å². The van der Waals surface area contributed by atoms with E-state index in [1.165, 1.54) is 30.9 Å². The Labute approximate surface area is 205 Å². The molecule has 2 N–H and O–H groups in total. The Bertz CT molecular complexity index is 1210. The van der Waals surface area contributed by atoms with Gasteiger partial charge in [-0.25, -0.2) is 8.42 Å². The number of methoxy groups -OCH3 is 1. The molecular weight excluding hydrogens is 476 g/mol. The first kappa shape index (κ1) is 25.4. The van der Waals surface area contributed by atoms with E-state index in [-0.39, 0.29) is 28.2 Å². The lowest BCUT2D eigenvalue weighted by Crippen LogP contribution is -2.20. The number of carbonyl (C=O) groups is 1. The number of sulfonamides is 1. The van der Waals surface area contributed by atoms with E-state index < -0.39 is 10.0 Å². The fourth-order valence-electron chi connectivity index (χ4n) is 3.11. The number of carbonyl (C=O) groups excluding carboxylic acids is 1. The van der Waals surface area contributed by atoms with Crippen molar-refractivity contribution in [1.29, 1.82) is 0 Å². The summed E-state index contributed by atoms with van der Waals surface area (Å²) in [7, 11) is -2.34. The molecule has 0 aliphatic rings. The highest BCUT2D eigenvalue weighted by Gasteiger charge is 2.17. The first-order chi connectivity index (χ1) is 16.3. The van der Waals surface area contributed by atoms with Crippen LogP contribution in [-0.2, 0) is 21.2 Å². The quantitative estimate of drug-likeness (QED) is 0.360. The first-order valence-electron chi connectivity index (χ1n) is 10.8. The van der Waals surface area contributed by atoms with Crippen molar-refractivity contribution in [2.24, 2.45) is 0 Å². The molecule has 0 saturated heterocycles. The largest absolute Gasteiger partial charge is 0.497 e. The van der Waals surface area contributed by atoms with Crippen molar-refractivity contribution in [3.05, 3.63) is 77.3 Å². The van der Waals surface area contributed by atoms with Crippen molar-refractivity contribution in [2.75, 3.05) is 23.8 Å². The molecule has 0 aromatic heterocycles. The van der Waals surface area contributed by atoms with Crippen molar-refractivity contribution in [3.8, 4) is 11.5 Å². The molecule has 3 aromatic carbocycles. The predicted molar refractivity (Wildman–Crippen MR) is 134 cm³/mol. The van der Waals surface area contributed by atoms with Crippen LogP contribution in [0.25, 0.3) is 0 Å². The molecule has 3 aromatic rings. The number of ether oxygens (including phenoxy) is 2. The molecule has 180 valence electrons. The lowest BCUT2D eigenvalue weighted by atomic mass is 10.1. The van der Waals surface area contributed by atoms with Crippen LogP contribution in [0.5, 0.6) is 11.5 Å². The topological polar surface area (TPSA) is 93.7 Å². The Morgan fingerprint density at radius 1 is 0.971 bits per heavy atom. The standard InChI is InChI=1S/C25H27ClN2O5S/c1-3-4-5-18-6-8-19(9-7-18)27-25(29)17-33-24-15-14-22(16-23(24)26)34(30,31)28-20-10-12-21(32-2)13-11-20/h6-16,28H,3-5,17H2,1-2H3,(H,27,29). The molecule has 7 nitrogen and oxygen atoms in total. The smallest absolute Gasteiger partial charge is 0.262 e. The van der Waals surface area contributed by atoms with Gasteiger partial charge in [0.2, 0.25) is 0 Å². The lowest BCUT2D eigenvalue weighted by Gasteiger charge is -2.12. The number of nitrogens with one attached hydrogen (secondary N) is 2. The van der Waals surface area contributed by atoms with Crippen LogP contribution in [0.4, 0.5) is 11.4 Å². The van der Waals surface area contributed by atoms with Gasteiger partial charge < -0.3 is 14.8 Å². The monoisotopic (exact) mass is 502 g/mol. The molecule has 0 aliphatic carbocycles. The third-order valence-electron chi connectivity index (χ3n) is 4.97. The minimum Gasteiger partial charge on any atom is -0.497 e. The molecule has 0 bridgehead atoms. The van der Waals surface area contributed by atoms with E-state index in [0.29, 0.717) is 17.1 Å². The SMILES string of the molecule is CCCCc1ccc(NC(=O)COc2ccc(S(=O)(=O)Nc3ccc(OC)cc3)cc2Cl)cc1. The van der Waals surface area contributed by atoms with Crippen LogP contribution in [0.1, 0.15) is 25.3 Å². The van der Waals surface area contributed by atoms with Gasteiger partial charge in [-0.15, -0.1) is 0 Å². The molecule has 0 atom stereocenters. The fraction of sp³-hybridized carbons (Fsp3) is 0.240. The van der Waals surface area contributed by atoms with E-state index in [2.05, 4.69) is 17.0 Å². The summed E-state index contributed by atoms with van der Waals surface area (Å²) in [5, 5.41) is 2.84. The second-order valence-electron chi connectivity index (χ2n) is 7.56. The average molecular weight is 503 g/mol. The van der Waals surface area contributed by atoms with E-state index >= 15 is 0 Å². The molecule has 1 amide bonds. The fourth-order valence-corrected chi connectivity index (χ4v) is 4.50. The van der Waals surface area contributed by atoms with Crippen LogP contribution >= 0.6 is 11.6 Å². The maximum atomic E-state index is 12.7. The number of amides is 1. The molecule has 0 aliphatic heterocycles. The highest BCUT2D eigenvalue weighted by molar-refractivity contribution is 7.92. The van der Waals surface area contributed by atoms with Crippen molar-refractivity contribution >= 4 is 38.9 Å². The average Bonchev–Trinajstić information content (AvgIpc) is 2.83. The number of unbranched alkanes of at least 4 members (excludes halogenated alkanes) is 1. The van der Waals surface area contributed by atoms with Gasteiger partial charge in [-0.2, -0.15) is 0 Å². The minimum absolute atomic E-state index is 0.0340. The summed E-state index contributed by atoms with van der Waals surface area (Å²) >= 11 is 6.22. The number of halogens is 1. The molecule has 0 fully saturated rings. The number of anilines is 2. The van der Waals surface area contributed by atoms with Gasteiger partial charge >= 0.3 is 0 Å². The molecule has 3 rings (SSSR count). The van der Waals surface area contributed by atoms with Crippen LogP contribution in [-0.4, -0.2) is 28.0 Å². The van der Waals surface area contributed by atoms with E-state index in [4.69, 9.17) is 21.1 Å². The Morgan fingerprint density at radius 3 is 2.26 bits per heavy atom. The Morgan fingerprint density at radius 2 is 1.65 bits per heavy atom. The summed E-state index contributed by atoms with van der Waals surface area (Å²) in [6.07, 6.45) is 3.26. The van der Waals surface area contributed by atoms with Gasteiger partial charge in [0.15, 0.2) is 6.61 Å². The number of hydrogen-bond acceptors (Lipinski definition) is 5. The van der Waals surface area contributed by atoms with Gasteiger partial charge in [-0.1, -0.05) is 37.1 Å². The van der Waals surface area contributed by atoms with Crippen LogP contribution in [0, 0.1) is 0 Å². The number of hydrogen-bond donors (Lipinski definition) is 2. The third-order valence-corrected chi connectivity index (χ3v) is 6.65. The van der Waals surface area contributed by atoms with Crippen LogP contribution in [0.3, 0.4) is 0 Å². The summed E-state index contributed by atoms with van der Waals surface area (Å²) in [4.78, 5) is 12.2. The molecule has 0 spiro atoms. The normalized spacial score (nSPS) is 11.0. The zero-order valence-corrected chi connectivity index (χ0v) is 20.6. The van der Waals surface area contributed by atoms with Crippen molar-refractivity contribution in [3.63, 3.8) is 0 Å². The second kappa shape index (κ2) is 11.8. The van der Waals surface area contributed by atoms with E-state index in [1.807, 2.05) is 24.3 Å². The highest BCUT2D eigenvalue weighted by Crippen LogP contribution is 2.28. The summed E-state index contributed by atoms with van der Waals surface area (Å²) in [5.74, 6) is 0.464. The molecule has 0 heterocycles. The van der Waals surface area contributed by atoms with Crippen molar-refractivity contribution < 1.29 is 22.7 Å². The highest BCUT2D eigenvalue weighted by atomic mass is 35.5. The molecule has 34 heavy (non-hydrogen) atoms. The number of aryl methyl sites for hydroxylation is 1. The van der Waals surface area contributed by atoms with Crippen LogP contribution in [0.2, 0.25) is 5.02 Å². The van der Waals surface area contributed by atoms with Crippen LogP contribution in [0.15, 0.2) is 71.6 Å². The van der Waals surface area contributed by atoms with Gasteiger partial charge in [-0.05, 0) is 73.0 Å². The molecule has 0 saturated carbocycles. The lowest BCUT2D eigenvalue weighted by molar-refractivity contribution is -0.118. The van der Waals surface area contributed by atoms with E-state index in [1.54, 1.807) is 24.3 Å². The zero-order valence-electron chi connectivity index (χ0n) is 19.0. The zero-order chi connectivity index (χ0) is 24.6. The van der Waals surface area contributed by atoms with Gasteiger partial charge in [0.05, 0.1) is 17.0 Å². The van der Waals surface area contributed by atoms with Crippen LogP contribution < -0.4 is 19.5 Å². The predicted octanol–water partition coefficient (Wildman–Crippen LogP) is 5.51. The second-order valence-corrected chi connectivity index (χ2v) is 9.65. The molecule has 9 heteroatoms. The Hall–Kier alpha value is -3.23. The maximum Gasteiger partial charge on any atom is 0.262 e. The Kier molecular flexibility index (Phi) is 8.79. The van der Waals surface area contributed by atoms with E-state index in [0.717, 1.165) is 19.3 Å². The molecule has 0 unspecified atom stereocenters. The van der Waals surface area contributed by atoms with Gasteiger partial charge in [-0.3, -0.25) is 9.52 Å².